The minimum Gasteiger partial charge on any atom is -0.352 e. The van der Waals surface area contributed by atoms with E-state index >= 15 is 0 Å². The molecule has 0 spiro atoms. The first-order valence-electron chi connectivity index (χ1n) is 5.24. The lowest BCUT2D eigenvalue weighted by molar-refractivity contribution is -0.124. The molecule has 90 valence electrons. The maximum atomic E-state index is 11.6. The van der Waals surface area contributed by atoms with Gasteiger partial charge < -0.3 is 10.6 Å². The molecule has 0 aromatic heterocycles. The van der Waals surface area contributed by atoms with Gasteiger partial charge in [-0.2, -0.15) is 11.8 Å². The average molecular weight is 253 g/mol. The highest BCUT2D eigenvalue weighted by Crippen LogP contribution is 2.07. The molecule has 0 saturated carbocycles. The van der Waals surface area contributed by atoms with Crippen LogP contribution in [0.5, 0.6) is 0 Å². The molecule has 1 aliphatic heterocycles. The summed E-state index contributed by atoms with van der Waals surface area (Å²) in [5.41, 5.74) is 0. The molecule has 3 nitrogen and oxygen atoms in total. The first-order valence-corrected chi connectivity index (χ1v) is 6.63. The molecule has 2 atom stereocenters. The summed E-state index contributed by atoms with van der Waals surface area (Å²) in [6.45, 7) is 4.01. The van der Waals surface area contributed by atoms with Crippen LogP contribution in [-0.2, 0) is 4.79 Å². The monoisotopic (exact) mass is 252 g/mol. The third kappa shape index (κ3) is 5.64. The lowest BCUT2D eigenvalue weighted by Gasteiger charge is -2.25. The Morgan fingerprint density at radius 3 is 2.93 bits per heavy atom. The topological polar surface area (TPSA) is 41.1 Å². The van der Waals surface area contributed by atoms with Crippen LogP contribution in [0.1, 0.15) is 19.8 Å². The van der Waals surface area contributed by atoms with Crippen molar-refractivity contribution in [2.75, 3.05) is 25.1 Å². The molecule has 1 unspecified atom stereocenters. The van der Waals surface area contributed by atoms with Crippen LogP contribution in [0, 0.1) is 5.92 Å². The van der Waals surface area contributed by atoms with Crippen molar-refractivity contribution in [3.8, 4) is 0 Å². The highest BCUT2D eigenvalue weighted by molar-refractivity contribution is 7.98. The fourth-order valence-electron chi connectivity index (χ4n) is 1.64. The number of rotatable bonds is 4. The Balaban J connectivity index is 0.00000196. The van der Waals surface area contributed by atoms with Crippen molar-refractivity contribution >= 4 is 30.1 Å². The lowest BCUT2D eigenvalue weighted by Crippen LogP contribution is -2.47. The van der Waals surface area contributed by atoms with Gasteiger partial charge in [0.05, 0.1) is 0 Å². The minimum atomic E-state index is 0. The van der Waals surface area contributed by atoms with Crippen LogP contribution in [0.2, 0.25) is 0 Å². The van der Waals surface area contributed by atoms with Crippen LogP contribution in [0.3, 0.4) is 0 Å². The van der Waals surface area contributed by atoms with Gasteiger partial charge in [0.25, 0.3) is 0 Å². The lowest BCUT2D eigenvalue weighted by atomic mass is 10.1. The van der Waals surface area contributed by atoms with Crippen molar-refractivity contribution in [2.24, 2.45) is 5.92 Å². The standard InChI is InChI=1S/C10H20N2OS.ClH/c1-8(7-14-2)10(13)12-9-4-3-5-11-6-9;/h8-9,11H,3-7H2,1-2H3,(H,12,13);1H/t8?,9-;/m1./s1. The normalized spacial score (nSPS) is 22.7. The van der Waals surface area contributed by atoms with Crippen LogP contribution in [0.4, 0.5) is 0 Å². The molecule has 1 fully saturated rings. The Hall–Kier alpha value is 0.0700. The summed E-state index contributed by atoms with van der Waals surface area (Å²) in [6.07, 6.45) is 4.32. The third-order valence-electron chi connectivity index (χ3n) is 2.51. The molecule has 0 radical (unpaired) electrons. The van der Waals surface area contributed by atoms with E-state index in [-0.39, 0.29) is 24.2 Å². The summed E-state index contributed by atoms with van der Waals surface area (Å²) in [4.78, 5) is 11.6. The Kier molecular flexibility index (Phi) is 8.29. The molecule has 0 bridgehead atoms. The van der Waals surface area contributed by atoms with E-state index in [0.717, 1.165) is 25.3 Å². The van der Waals surface area contributed by atoms with Gasteiger partial charge in [-0.3, -0.25) is 4.79 Å². The first kappa shape index (κ1) is 15.1. The summed E-state index contributed by atoms with van der Waals surface area (Å²) in [7, 11) is 0. The van der Waals surface area contributed by atoms with Gasteiger partial charge in [-0.1, -0.05) is 6.92 Å². The molecule has 15 heavy (non-hydrogen) atoms. The number of halogens is 1. The summed E-state index contributed by atoms with van der Waals surface area (Å²) >= 11 is 1.72. The van der Waals surface area contributed by atoms with E-state index in [1.165, 1.54) is 6.42 Å². The molecule has 5 heteroatoms. The molecular weight excluding hydrogens is 232 g/mol. The van der Waals surface area contributed by atoms with Crippen molar-refractivity contribution < 1.29 is 4.79 Å². The van der Waals surface area contributed by atoms with Crippen molar-refractivity contribution in [1.82, 2.24) is 10.6 Å². The highest BCUT2D eigenvalue weighted by Gasteiger charge is 2.18. The SMILES string of the molecule is CSCC(C)C(=O)N[C@@H]1CCCNC1.Cl. The maximum Gasteiger partial charge on any atom is 0.223 e. The van der Waals surface area contributed by atoms with E-state index in [2.05, 4.69) is 10.6 Å². The molecule has 0 aromatic rings. The van der Waals surface area contributed by atoms with Gasteiger partial charge in [0.15, 0.2) is 0 Å². The number of carbonyl (C=O) groups is 1. The Bertz CT molecular complexity index is 186. The van der Waals surface area contributed by atoms with Gasteiger partial charge in [0.1, 0.15) is 0 Å². The van der Waals surface area contributed by atoms with Gasteiger partial charge in [-0.05, 0) is 25.6 Å². The summed E-state index contributed by atoms with van der Waals surface area (Å²) in [6, 6.07) is 0.348. The van der Waals surface area contributed by atoms with Crippen molar-refractivity contribution in [3.05, 3.63) is 0 Å². The predicted molar refractivity (Wildman–Crippen MR) is 68.8 cm³/mol. The van der Waals surface area contributed by atoms with Crippen LogP contribution >= 0.6 is 24.2 Å². The van der Waals surface area contributed by atoms with E-state index in [1.807, 2.05) is 13.2 Å². The summed E-state index contributed by atoms with van der Waals surface area (Å²) in [5, 5.41) is 6.38. The summed E-state index contributed by atoms with van der Waals surface area (Å²) < 4.78 is 0. The largest absolute Gasteiger partial charge is 0.352 e. The molecule has 1 aliphatic rings. The van der Waals surface area contributed by atoms with Crippen LogP contribution in [0.25, 0.3) is 0 Å². The highest BCUT2D eigenvalue weighted by atomic mass is 35.5. The van der Waals surface area contributed by atoms with Crippen LogP contribution in [0.15, 0.2) is 0 Å². The fraction of sp³-hybridized carbons (Fsp3) is 0.900. The smallest absolute Gasteiger partial charge is 0.223 e. The predicted octanol–water partition coefficient (Wildman–Crippen LogP) is 1.28. The van der Waals surface area contributed by atoms with Crippen molar-refractivity contribution in [2.45, 2.75) is 25.8 Å². The maximum absolute atomic E-state index is 11.6. The number of hydrogen-bond acceptors (Lipinski definition) is 3. The van der Waals surface area contributed by atoms with E-state index in [0.29, 0.717) is 6.04 Å². The first-order chi connectivity index (χ1) is 6.74. The molecule has 1 saturated heterocycles. The quantitative estimate of drug-likeness (QED) is 0.792. The van der Waals surface area contributed by atoms with E-state index in [4.69, 9.17) is 0 Å². The molecule has 1 amide bonds. The van der Waals surface area contributed by atoms with Crippen molar-refractivity contribution in [1.29, 1.82) is 0 Å². The zero-order valence-corrected chi connectivity index (χ0v) is 11.0. The molecular formula is C10H21ClN2OS. The Labute approximate surface area is 103 Å². The van der Waals surface area contributed by atoms with Gasteiger partial charge in [0.2, 0.25) is 5.91 Å². The van der Waals surface area contributed by atoms with Gasteiger partial charge >= 0.3 is 0 Å². The minimum absolute atomic E-state index is 0. The van der Waals surface area contributed by atoms with Gasteiger partial charge in [0, 0.05) is 24.3 Å². The fourth-order valence-corrected chi connectivity index (χ4v) is 2.30. The average Bonchev–Trinajstić information content (AvgIpc) is 2.19. The van der Waals surface area contributed by atoms with E-state index in [9.17, 15) is 4.79 Å². The number of carbonyl (C=O) groups excluding carboxylic acids is 1. The zero-order valence-electron chi connectivity index (χ0n) is 9.41. The molecule has 0 aromatic carbocycles. The second kappa shape index (κ2) is 8.25. The number of nitrogens with one attached hydrogen (secondary N) is 2. The van der Waals surface area contributed by atoms with Crippen LogP contribution < -0.4 is 10.6 Å². The zero-order chi connectivity index (χ0) is 10.4. The molecule has 0 aliphatic carbocycles. The van der Waals surface area contributed by atoms with Crippen LogP contribution in [-0.4, -0.2) is 37.0 Å². The second-order valence-electron chi connectivity index (χ2n) is 3.91. The van der Waals surface area contributed by atoms with Gasteiger partial charge in [-0.25, -0.2) is 0 Å². The van der Waals surface area contributed by atoms with Gasteiger partial charge in [-0.15, -0.1) is 12.4 Å². The number of thioether (sulfide) groups is 1. The number of piperidine rings is 1. The third-order valence-corrected chi connectivity index (χ3v) is 3.34. The Morgan fingerprint density at radius 1 is 1.67 bits per heavy atom. The summed E-state index contributed by atoms with van der Waals surface area (Å²) in [5.74, 6) is 1.24. The molecule has 1 heterocycles. The van der Waals surface area contributed by atoms with E-state index < -0.39 is 0 Å². The second-order valence-corrected chi connectivity index (χ2v) is 4.82. The molecule has 1 rings (SSSR count). The number of hydrogen-bond donors (Lipinski definition) is 2. The van der Waals surface area contributed by atoms with Crippen molar-refractivity contribution in [3.63, 3.8) is 0 Å². The molecule has 2 N–H and O–H groups in total. The Morgan fingerprint density at radius 2 is 2.40 bits per heavy atom. The van der Waals surface area contributed by atoms with E-state index in [1.54, 1.807) is 11.8 Å². The number of amides is 1.